The molecule has 0 saturated carbocycles. The van der Waals surface area contributed by atoms with Gasteiger partial charge in [-0.1, -0.05) is 105 Å². The minimum Gasteiger partial charge on any atom is -0.381 e. The largest absolute Gasteiger partial charge is 1.00 e. The molecule has 0 radical (unpaired) electrons. The van der Waals surface area contributed by atoms with Crippen LogP contribution in [0.15, 0.2) is 0 Å². The zero-order valence-electron chi connectivity index (χ0n) is 25.1. The molecule has 1 aliphatic rings. The third-order valence-electron chi connectivity index (χ3n) is 4.56. The third kappa shape index (κ3) is 21.3. The second kappa shape index (κ2) is 17.6. The summed E-state index contributed by atoms with van der Waals surface area (Å²) in [5.41, 5.74) is 0. The summed E-state index contributed by atoms with van der Waals surface area (Å²) in [4.78, 5) is 0. The van der Waals surface area contributed by atoms with Crippen LogP contribution >= 0.6 is 13.5 Å². The maximum Gasteiger partial charge on any atom is 1.00 e. The van der Waals surface area contributed by atoms with Crippen molar-refractivity contribution in [2.24, 2.45) is 0 Å². The Morgan fingerprint density at radius 1 is 0.515 bits per heavy atom. The van der Waals surface area contributed by atoms with E-state index >= 15 is 0 Å². The van der Waals surface area contributed by atoms with Crippen LogP contribution < -0.4 is 103 Å². The van der Waals surface area contributed by atoms with Crippen molar-refractivity contribution < 1.29 is 108 Å². The standard InChI is InChI=1S/2C9H27BPSi2.C4H8O.2K/c2*1-11(2,10)9(12(3,4)5)13(6,7)8;1-2-4-5-3-1;;/h2*1-8,10H3;1-4H2;;/q2*-1;;2*+1. The van der Waals surface area contributed by atoms with E-state index in [0.717, 1.165) is 13.2 Å². The molecule has 0 spiro atoms. The predicted molar refractivity (Wildman–Crippen MR) is 181 cm³/mol. The molecule has 33 heavy (non-hydrogen) atoms. The minimum atomic E-state index is -0.967. The Hall–Kier alpha value is 4.83. The van der Waals surface area contributed by atoms with E-state index in [4.69, 9.17) is 4.74 Å². The fourth-order valence-corrected chi connectivity index (χ4v) is 44.9. The van der Waals surface area contributed by atoms with E-state index in [1.165, 1.54) is 12.8 Å². The normalized spacial score (nSPS) is 15.1. The molecular formula is C22H62B2K2OP2Si4. The van der Waals surface area contributed by atoms with Gasteiger partial charge < -0.3 is 4.74 Å². The molecule has 0 aromatic rings. The van der Waals surface area contributed by atoms with Gasteiger partial charge in [-0.05, 0) is 28.0 Å². The van der Waals surface area contributed by atoms with Gasteiger partial charge in [0.15, 0.2) is 0 Å². The van der Waals surface area contributed by atoms with Crippen LogP contribution in [0.5, 0.6) is 0 Å². The van der Waals surface area contributed by atoms with Crippen LogP contribution in [0.3, 0.4) is 0 Å². The Bertz CT molecular complexity index is 564. The van der Waals surface area contributed by atoms with E-state index in [2.05, 4.69) is 114 Å². The van der Waals surface area contributed by atoms with Crippen molar-refractivity contribution >= 4 is 70.0 Å². The Balaban J connectivity index is -0.000000200. The maximum absolute atomic E-state index is 4.94. The second-order valence-electron chi connectivity index (χ2n) is 12.8. The number of rotatable bonds is 4. The molecule has 1 aliphatic heterocycles. The Morgan fingerprint density at radius 2 is 0.697 bits per heavy atom. The van der Waals surface area contributed by atoms with Crippen LogP contribution in [0.2, 0.25) is 78.6 Å². The van der Waals surface area contributed by atoms with Gasteiger partial charge in [-0.25, -0.2) is 0 Å². The van der Waals surface area contributed by atoms with Crippen molar-refractivity contribution in [2.45, 2.75) is 91.4 Å². The summed E-state index contributed by atoms with van der Waals surface area (Å²) >= 11 is 0. The zero-order chi connectivity index (χ0) is 25.7. The smallest absolute Gasteiger partial charge is 0.381 e. The fraction of sp³-hybridized carbons (Fsp3) is 0.909. The van der Waals surface area contributed by atoms with Crippen molar-refractivity contribution in [3.8, 4) is 0 Å². The molecule has 11 heteroatoms. The van der Waals surface area contributed by atoms with Crippen LogP contribution in [0.1, 0.15) is 12.8 Å². The summed E-state index contributed by atoms with van der Waals surface area (Å²) in [5, 5.41) is 0. The van der Waals surface area contributed by atoms with Crippen molar-refractivity contribution in [1.82, 2.24) is 0 Å². The van der Waals surface area contributed by atoms with Gasteiger partial charge in [0.1, 0.15) is 0 Å². The van der Waals surface area contributed by atoms with Gasteiger partial charge in [-0.2, -0.15) is 0 Å². The number of hydrogen-bond donors (Lipinski definition) is 0. The third-order valence-corrected chi connectivity index (χ3v) is 34.5. The average molecular weight is 617 g/mol. The van der Waals surface area contributed by atoms with Gasteiger partial charge >= 0.3 is 103 Å². The molecule has 1 nitrogen and oxygen atoms in total. The molecule has 0 aromatic heterocycles. The summed E-state index contributed by atoms with van der Waals surface area (Å²) in [6.07, 6.45) is 2.56. The van der Waals surface area contributed by atoms with Crippen LogP contribution in [0, 0.1) is 0 Å². The van der Waals surface area contributed by atoms with Crippen molar-refractivity contribution in [3.63, 3.8) is 0 Å². The molecule has 0 aromatic carbocycles. The molecule has 1 saturated heterocycles. The van der Waals surface area contributed by atoms with E-state index < -0.39 is 45.8 Å². The first kappa shape index (κ1) is 44.8. The topological polar surface area (TPSA) is 9.23 Å². The first-order chi connectivity index (χ1) is 13.2. The molecule has 0 atom stereocenters. The molecule has 1 fully saturated rings. The van der Waals surface area contributed by atoms with Gasteiger partial charge in [0, 0.05) is 13.2 Å². The summed E-state index contributed by atoms with van der Waals surface area (Å²) < 4.78 is 9.24. The van der Waals surface area contributed by atoms with Crippen LogP contribution in [-0.4, -0.2) is 96.4 Å². The van der Waals surface area contributed by atoms with E-state index in [-0.39, 0.29) is 103 Å². The van der Waals surface area contributed by atoms with Gasteiger partial charge in [0.2, 0.25) is 0 Å². The summed E-state index contributed by atoms with van der Waals surface area (Å²) in [5.74, 6) is 0. The fourth-order valence-electron chi connectivity index (χ4n) is 5.44. The van der Waals surface area contributed by atoms with Gasteiger partial charge in [0.05, 0.1) is 32.3 Å². The predicted octanol–water partition coefficient (Wildman–Crippen LogP) is -0.253. The van der Waals surface area contributed by atoms with E-state index in [1.807, 2.05) is 0 Å². The summed E-state index contributed by atoms with van der Waals surface area (Å²) in [6, 6.07) is 0. The molecule has 1 heterocycles. The Kier molecular flexibility index (Phi) is 23.9. The van der Waals surface area contributed by atoms with Crippen LogP contribution in [-0.2, 0) is 4.74 Å². The monoisotopic (exact) mass is 616 g/mol. The summed E-state index contributed by atoms with van der Waals surface area (Å²) in [6.45, 7) is 42.2. The molecule has 0 unspecified atom stereocenters. The molecule has 0 aliphatic carbocycles. The zero-order valence-corrected chi connectivity index (χ0v) is 37.2. The molecule has 0 N–H and O–H groups in total. The number of ether oxygens (including phenoxy) is 1. The van der Waals surface area contributed by atoms with Gasteiger partial charge in [-0.15, -0.1) is 9.08 Å². The van der Waals surface area contributed by atoms with Crippen molar-refractivity contribution in [3.05, 3.63) is 0 Å². The molecule has 1 rings (SSSR count). The average Bonchev–Trinajstić information content (AvgIpc) is 2.83. The Labute approximate surface area is 303 Å². The molecule has 0 amide bonds. The van der Waals surface area contributed by atoms with Crippen molar-refractivity contribution in [2.75, 3.05) is 39.9 Å². The maximum atomic E-state index is 4.94. The first-order valence-corrected chi connectivity index (χ1v) is 29.8. The second-order valence-corrected chi connectivity index (χ2v) is 40.0. The first-order valence-electron chi connectivity index (χ1n) is 11.3. The molecule has 190 valence electrons. The van der Waals surface area contributed by atoms with Crippen LogP contribution in [0.4, 0.5) is 0 Å². The van der Waals surface area contributed by atoms with Crippen LogP contribution in [0.25, 0.3) is 0 Å². The van der Waals surface area contributed by atoms with E-state index in [9.17, 15) is 0 Å². The SMILES string of the molecule is C1CCOC1.[BH3-]P(C)(C)=C([Si](C)(C)C)[Si](C)(C)C.[BH3-]P(C)(C)=C([Si](C)(C)C)[Si](C)(C)C.[K+].[K+]. The number of hydrogen-bond acceptors (Lipinski definition) is 1. The minimum absolute atomic E-state index is 0. The van der Waals surface area contributed by atoms with Gasteiger partial charge in [-0.3, -0.25) is 13.5 Å². The van der Waals surface area contributed by atoms with E-state index in [1.54, 1.807) is 0 Å². The quantitative estimate of drug-likeness (QED) is 0.313. The van der Waals surface area contributed by atoms with Gasteiger partial charge in [0.25, 0.3) is 0 Å². The van der Waals surface area contributed by atoms with E-state index in [0.29, 0.717) is 15.1 Å². The molecule has 0 bridgehead atoms. The molecular weight excluding hydrogens is 554 g/mol. The Morgan fingerprint density at radius 3 is 0.727 bits per heavy atom. The summed E-state index contributed by atoms with van der Waals surface area (Å²) in [7, 11) is -2.77. The van der Waals surface area contributed by atoms with Crippen molar-refractivity contribution in [1.29, 1.82) is 0 Å².